The van der Waals surface area contributed by atoms with E-state index in [0.717, 1.165) is 46.9 Å². The maximum absolute atomic E-state index is 13.3. The Morgan fingerprint density at radius 2 is 0.885 bits per heavy atom. The van der Waals surface area contributed by atoms with Gasteiger partial charge in [0.2, 0.25) is 0 Å². The van der Waals surface area contributed by atoms with Crippen LogP contribution in [0.1, 0.15) is 43.0 Å². The SMILES string of the molecule is N#Cc1ccc(OP(=O)(O)CNS(=O)(=O)c2cc3cc(OCCNC(=O)c4cccc(O)c4O)c(OCC[NH3+])cc3s2)cc1C(F)(F)F.N#Cc1ccc(OP(=O)(O)CNS(=O)(=O)c2cc3cc(OCC[NH3+])c(OCCNC(=O)c4cccc(O)c4O)cc3s2)cc1C(F)(F)F. The molecule has 0 aliphatic carbocycles. The van der Waals surface area contributed by atoms with Crippen LogP contribution in [0.15, 0.2) is 118 Å². The van der Waals surface area contributed by atoms with Gasteiger partial charge >= 0.3 is 27.5 Å². The van der Waals surface area contributed by atoms with Gasteiger partial charge in [-0.1, -0.05) is 12.1 Å². The van der Waals surface area contributed by atoms with Gasteiger partial charge in [0.25, 0.3) is 31.9 Å². The summed E-state index contributed by atoms with van der Waals surface area (Å²) in [6.45, 7) is 0.921. The predicted molar refractivity (Wildman–Crippen MR) is 329 cm³/mol. The fourth-order valence-corrected chi connectivity index (χ4v) is 16.0. The number of rotatable bonds is 28. The van der Waals surface area contributed by atoms with Crippen molar-refractivity contribution in [2.75, 3.05) is 65.2 Å². The molecule has 0 saturated heterocycles. The predicted octanol–water partition coefficient (Wildman–Crippen LogP) is 6.27. The number of sulfonamides is 2. The van der Waals surface area contributed by atoms with Crippen molar-refractivity contribution in [2.45, 2.75) is 20.8 Å². The molecule has 2 atom stereocenters. The van der Waals surface area contributed by atoms with E-state index in [0.29, 0.717) is 45.4 Å². The summed E-state index contributed by atoms with van der Waals surface area (Å²) >= 11 is 1.56. The number of halogens is 6. The van der Waals surface area contributed by atoms with Crippen LogP contribution in [-0.4, -0.2) is 124 Å². The lowest BCUT2D eigenvalue weighted by Crippen LogP contribution is -2.52. The first-order valence-electron chi connectivity index (χ1n) is 27.2. The number of ether oxygens (including phenoxy) is 4. The number of para-hydroxylation sites is 2. The number of aromatic hydroxyl groups is 4. The average molecular weight is 1460 g/mol. The number of nitrogens with one attached hydrogen (secondary N) is 4. The second-order valence-electron chi connectivity index (χ2n) is 19.5. The van der Waals surface area contributed by atoms with E-state index in [1.807, 2.05) is 9.44 Å². The van der Waals surface area contributed by atoms with Crippen LogP contribution in [-0.2, 0) is 41.5 Å². The van der Waals surface area contributed by atoms with Gasteiger partial charge < -0.3 is 80.3 Å². The number of fused-ring (bicyclic) bond motifs is 2. The number of benzene rings is 6. The maximum Gasteiger partial charge on any atom is 0.417 e. The summed E-state index contributed by atoms with van der Waals surface area (Å²) in [4.78, 5) is 45.1. The summed E-state index contributed by atoms with van der Waals surface area (Å²) in [5.41, 5.74) is 2.85. The lowest BCUT2D eigenvalue weighted by molar-refractivity contribution is -0.371. The number of carbonyl (C=O) groups excluding carboxylic acids is 2. The van der Waals surface area contributed by atoms with Gasteiger partial charge in [0.1, 0.15) is 72.0 Å². The minimum absolute atomic E-state index is 0.0298. The van der Waals surface area contributed by atoms with Crippen LogP contribution < -0.4 is 59.5 Å². The Kier molecular flexibility index (Phi) is 24.1. The quantitative estimate of drug-likeness (QED) is 0.0111. The van der Waals surface area contributed by atoms with E-state index < -0.39 is 129 Å². The van der Waals surface area contributed by atoms with Gasteiger partial charge in [-0.2, -0.15) is 46.3 Å². The Morgan fingerprint density at radius 3 is 1.23 bits per heavy atom. The molecule has 0 aliphatic rings. The van der Waals surface area contributed by atoms with Crippen molar-refractivity contribution in [1.29, 1.82) is 10.5 Å². The van der Waals surface area contributed by atoms with Crippen molar-refractivity contribution in [2.24, 2.45) is 0 Å². The number of carbonyl (C=O) groups is 2. The van der Waals surface area contributed by atoms with Crippen LogP contribution in [0.5, 0.6) is 57.5 Å². The zero-order chi connectivity index (χ0) is 70.6. The van der Waals surface area contributed by atoms with E-state index in [2.05, 4.69) is 22.1 Å². The van der Waals surface area contributed by atoms with E-state index >= 15 is 0 Å². The molecule has 2 amide bonds. The largest absolute Gasteiger partial charge is 0.504 e. The molecule has 0 aliphatic heterocycles. The van der Waals surface area contributed by atoms with Gasteiger partial charge in [-0.25, -0.2) is 26.0 Å². The molecule has 2 heterocycles. The lowest BCUT2D eigenvalue weighted by atomic mass is 10.1. The number of nitrogens with zero attached hydrogens (tertiary/aromatic N) is 2. The van der Waals surface area contributed by atoms with E-state index in [1.54, 1.807) is 0 Å². The third-order valence-electron chi connectivity index (χ3n) is 12.5. The molecule has 40 heteroatoms. The first kappa shape index (κ1) is 74.3. The van der Waals surface area contributed by atoms with E-state index in [4.69, 9.17) is 38.5 Å². The molecule has 28 nitrogen and oxygen atoms in total. The molecule has 0 radical (unpaired) electrons. The molecule has 0 saturated carbocycles. The van der Waals surface area contributed by atoms with Crippen LogP contribution in [0.3, 0.4) is 0 Å². The molecule has 8 rings (SSSR count). The summed E-state index contributed by atoms with van der Waals surface area (Å²) in [6.07, 6.45) is -12.3. The number of phenolic OH excluding ortho intramolecular Hbond substituents is 4. The molecule has 2 aromatic heterocycles. The summed E-state index contributed by atoms with van der Waals surface area (Å²) in [7, 11) is -18.6. The monoisotopic (exact) mass is 1460 g/mol. The fourth-order valence-electron chi connectivity index (χ4n) is 8.09. The Bertz CT molecular complexity index is 4360. The summed E-state index contributed by atoms with van der Waals surface area (Å²) in [5, 5.41) is 62.6. The van der Waals surface area contributed by atoms with E-state index in [9.17, 15) is 92.1 Å². The zero-order valence-corrected chi connectivity index (χ0v) is 54.0. The molecular formula is C56H54F6N8O20P2S4+2. The number of hydrogen-bond donors (Lipinski definition) is 12. The Labute approximate surface area is 547 Å². The van der Waals surface area contributed by atoms with Gasteiger partial charge in [-0.15, -0.1) is 22.7 Å². The van der Waals surface area contributed by atoms with E-state index in [-0.39, 0.29) is 82.1 Å². The molecule has 8 aromatic rings. The van der Waals surface area contributed by atoms with Crippen molar-refractivity contribution >= 4 is 89.9 Å². The molecule has 512 valence electrons. The Balaban J connectivity index is 0.000000271. The van der Waals surface area contributed by atoms with Crippen LogP contribution in [0.2, 0.25) is 0 Å². The molecule has 2 unspecified atom stereocenters. The Hall–Kier alpha value is -9.14. The van der Waals surface area contributed by atoms with Crippen molar-refractivity contribution in [3.05, 3.63) is 143 Å². The third-order valence-corrected chi connectivity index (χ3v) is 21.0. The molecule has 96 heavy (non-hydrogen) atoms. The number of amides is 2. The number of phenols is 4. The number of alkyl halides is 6. The van der Waals surface area contributed by atoms with Gasteiger partial charge in [-0.05, 0) is 95.7 Å². The third kappa shape index (κ3) is 19.5. The number of thiophene rings is 2. The van der Waals surface area contributed by atoms with Gasteiger partial charge in [0, 0.05) is 21.5 Å². The zero-order valence-electron chi connectivity index (χ0n) is 49.0. The topological polar surface area (TPSA) is 464 Å². The van der Waals surface area contributed by atoms with Crippen molar-refractivity contribution < 1.29 is 132 Å². The highest BCUT2D eigenvalue weighted by Gasteiger charge is 2.37. The van der Waals surface area contributed by atoms with Crippen LogP contribution in [0, 0.1) is 22.7 Å². The Morgan fingerprint density at radius 1 is 0.531 bits per heavy atom. The van der Waals surface area contributed by atoms with Crippen molar-refractivity contribution in [3.8, 4) is 69.6 Å². The van der Waals surface area contributed by atoms with Gasteiger partial charge in [-0.3, -0.25) is 9.59 Å². The van der Waals surface area contributed by atoms with E-state index in [1.165, 1.54) is 84.9 Å². The molecule has 0 spiro atoms. The summed E-state index contributed by atoms with van der Waals surface area (Å²) in [6, 6.07) is 23.1. The summed E-state index contributed by atoms with van der Waals surface area (Å²) in [5.74, 6) is -3.98. The minimum atomic E-state index is -4.95. The minimum Gasteiger partial charge on any atom is -0.504 e. The highest BCUT2D eigenvalue weighted by atomic mass is 32.3. The molecule has 16 N–H and O–H groups in total. The van der Waals surface area contributed by atoms with Gasteiger partial charge in [0.15, 0.2) is 46.0 Å². The standard InChI is InChI=1S/2C28H26F3N4O10PS2/c29-28(30,31)20-12-18(5-4-16(20)14-33)45-46(39,40)15-35-48(41,42)25-11-17-10-22(23(43-8-6-32)13-24(17)47-25)44-9-7-34-27(38)19-2-1-3-21(36)26(19)37;29-28(30,31)20-12-18(5-4-16(20)14-33)45-46(39,40)15-35-48(41,42)25-11-17-10-22(43-8-6-32)23(13-24(17)47-25)44-9-7-34-27(38)19-2-1-3-21(36)26(19)37/h2*1-5,10-13,35-37H,6-9,15,32H2,(H,34,38)(H,39,40)/p+2. The number of nitriles is 2. The summed E-state index contributed by atoms with van der Waals surface area (Å²) < 4.78 is 193. The molecule has 0 bridgehead atoms. The second-order valence-corrected chi connectivity index (χ2v) is 29.2. The van der Waals surface area contributed by atoms with Gasteiger partial charge in [0.05, 0.1) is 58.6 Å². The smallest absolute Gasteiger partial charge is 0.417 e. The van der Waals surface area contributed by atoms with Crippen molar-refractivity contribution in [3.63, 3.8) is 0 Å². The highest BCUT2D eigenvalue weighted by molar-refractivity contribution is 7.92. The normalized spacial score (nSPS) is 13.0. The van der Waals surface area contributed by atoms with Crippen LogP contribution in [0.25, 0.3) is 20.2 Å². The average Bonchev–Trinajstić information content (AvgIpc) is 1.53. The maximum atomic E-state index is 13.3. The van der Waals surface area contributed by atoms with Crippen molar-refractivity contribution in [1.82, 2.24) is 20.1 Å². The second kappa shape index (κ2) is 31.2. The van der Waals surface area contributed by atoms with Crippen LogP contribution >= 0.6 is 37.9 Å². The highest BCUT2D eigenvalue weighted by Crippen LogP contribution is 2.47. The molecule has 6 aromatic carbocycles. The molecule has 0 fully saturated rings. The number of hydrogen-bond acceptors (Lipinski definition) is 22. The van der Waals surface area contributed by atoms with Crippen LogP contribution in [0.4, 0.5) is 26.3 Å². The first-order chi connectivity index (χ1) is 45.1. The fraction of sp³-hybridized carbons (Fsp3) is 0.214. The lowest BCUT2D eigenvalue weighted by Gasteiger charge is -2.16. The molecular weight excluding hydrogens is 1410 g/mol. The number of quaternary nitrogens is 2. The first-order valence-corrected chi connectivity index (χ1v) is 35.3.